The highest BCUT2D eigenvalue weighted by atomic mass is 35.5. The molecule has 0 bridgehead atoms. The largest absolute Gasteiger partial charge is 0.381 e. The summed E-state index contributed by atoms with van der Waals surface area (Å²) in [5, 5.41) is 3.33. The standard InChI is InChI=1S/C14H19ClN2O3/c15-11-2-3-13(17-10-11)14(18)16-6-1-7-20-12-4-8-19-9-5-12/h2-3,10,12H,1,4-9H2,(H,16,18). The molecule has 1 amide bonds. The van der Waals surface area contributed by atoms with Crippen LogP contribution in [0.1, 0.15) is 29.8 Å². The van der Waals surface area contributed by atoms with E-state index in [9.17, 15) is 4.79 Å². The SMILES string of the molecule is O=C(NCCCOC1CCOCC1)c1ccc(Cl)cn1. The van der Waals surface area contributed by atoms with Crippen LogP contribution < -0.4 is 5.32 Å². The van der Waals surface area contributed by atoms with Gasteiger partial charge in [-0.2, -0.15) is 0 Å². The van der Waals surface area contributed by atoms with Gasteiger partial charge in [0.25, 0.3) is 5.91 Å². The molecule has 0 aliphatic carbocycles. The number of halogens is 1. The summed E-state index contributed by atoms with van der Waals surface area (Å²) in [5.41, 5.74) is 0.375. The van der Waals surface area contributed by atoms with Crippen molar-refractivity contribution in [3.8, 4) is 0 Å². The average molecular weight is 299 g/mol. The van der Waals surface area contributed by atoms with Crippen molar-refractivity contribution < 1.29 is 14.3 Å². The van der Waals surface area contributed by atoms with Gasteiger partial charge in [0, 0.05) is 32.6 Å². The Morgan fingerprint density at radius 3 is 2.95 bits per heavy atom. The first-order valence-corrected chi connectivity index (χ1v) is 7.22. The zero-order chi connectivity index (χ0) is 14.2. The first-order valence-electron chi connectivity index (χ1n) is 6.85. The van der Waals surface area contributed by atoms with Gasteiger partial charge < -0.3 is 14.8 Å². The van der Waals surface area contributed by atoms with Crippen LogP contribution in [0, 0.1) is 0 Å². The van der Waals surface area contributed by atoms with E-state index in [0.717, 1.165) is 32.5 Å². The Hall–Kier alpha value is -1.17. The molecule has 1 fully saturated rings. The Labute approximate surface area is 123 Å². The lowest BCUT2D eigenvalue weighted by Gasteiger charge is -2.22. The third-order valence-electron chi connectivity index (χ3n) is 3.09. The summed E-state index contributed by atoms with van der Waals surface area (Å²) in [5.74, 6) is -0.187. The van der Waals surface area contributed by atoms with Crippen molar-refractivity contribution in [1.29, 1.82) is 0 Å². The van der Waals surface area contributed by atoms with Crippen molar-refractivity contribution in [2.75, 3.05) is 26.4 Å². The average Bonchev–Trinajstić information content (AvgIpc) is 2.48. The minimum Gasteiger partial charge on any atom is -0.381 e. The number of pyridine rings is 1. The molecule has 1 aliphatic heterocycles. The zero-order valence-electron chi connectivity index (χ0n) is 11.3. The number of amides is 1. The fourth-order valence-electron chi connectivity index (χ4n) is 1.97. The van der Waals surface area contributed by atoms with E-state index in [1.807, 2.05) is 0 Å². The summed E-state index contributed by atoms with van der Waals surface area (Å²) in [4.78, 5) is 15.7. The Bertz CT molecular complexity index is 419. The molecule has 0 saturated carbocycles. The van der Waals surface area contributed by atoms with Gasteiger partial charge in [-0.05, 0) is 31.4 Å². The van der Waals surface area contributed by atoms with Gasteiger partial charge in [0.2, 0.25) is 0 Å². The number of ether oxygens (including phenoxy) is 2. The van der Waals surface area contributed by atoms with E-state index in [2.05, 4.69) is 10.3 Å². The van der Waals surface area contributed by atoms with E-state index < -0.39 is 0 Å². The maximum absolute atomic E-state index is 11.7. The van der Waals surface area contributed by atoms with E-state index >= 15 is 0 Å². The lowest BCUT2D eigenvalue weighted by atomic mass is 10.1. The fourth-order valence-corrected chi connectivity index (χ4v) is 2.08. The zero-order valence-corrected chi connectivity index (χ0v) is 12.1. The van der Waals surface area contributed by atoms with E-state index in [-0.39, 0.29) is 5.91 Å². The van der Waals surface area contributed by atoms with Crippen molar-refractivity contribution in [2.24, 2.45) is 0 Å². The smallest absolute Gasteiger partial charge is 0.269 e. The summed E-state index contributed by atoms with van der Waals surface area (Å²) in [6, 6.07) is 3.26. The van der Waals surface area contributed by atoms with Gasteiger partial charge in [0.1, 0.15) is 5.69 Å². The summed E-state index contributed by atoms with van der Waals surface area (Å²) in [6.07, 6.45) is 4.47. The van der Waals surface area contributed by atoms with Gasteiger partial charge in [-0.25, -0.2) is 4.98 Å². The molecule has 1 saturated heterocycles. The van der Waals surface area contributed by atoms with Crippen LogP contribution in [0.5, 0.6) is 0 Å². The fraction of sp³-hybridized carbons (Fsp3) is 0.571. The topological polar surface area (TPSA) is 60.5 Å². The number of rotatable bonds is 6. The van der Waals surface area contributed by atoms with Crippen LogP contribution in [-0.4, -0.2) is 43.4 Å². The number of nitrogens with zero attached hydrogens (tertiary/aromatic N) is 1. The van der Waals surface area contributed by atoms with Gasteiger partial charge in [0.15, 0.2) is 0 Å². The van der Waals surface area contributed by atoms with Crippen LogP contribution in [-0.2, 0) is 9.47 Å². The molecular formula is C14H19ClN2O3. The lowest BCUT2D eigenvalue weighted by Crippen LogP contribution is -2.28. The number of hydrogen-bond acceptors (Lipinski definition) is 4. The van der Waals surface area contributed by atoms with Crippen LogP contribution in [0.15, 0.2) is 18.3 Å². The number of aromatic nitrogens is 1. The predicted octanol–water partition coefficient (Wildman–Crippen LogP) is 2.05. The normalized spacial score (nSPS) is 16.1. The number of hydrogen-bond donors (Lipinski definition) is 1. The van der Waals surface area contributed by atoms with Crippen LogP contribution in [0.4, 0.5) is 0 Å². The van der Waals surface area contributed by atoms with Gasteiger partial charge in [0.05, 0.1) is 11.1 Å². The predicted molar refractivity (Wildman–Crippen MR) is 76.0 cm³/mol. The maximum Gasteiger partial charge on any atom is 0.269 e. The second kappa shape index (κ2) is 8.19. The molecule has 0 aromatic carbocycles. The van der Waals surface area contributed by atoms with Crippen LogP contribution in [0.2, 0.25) is 5.02 Å². The molecule has 0 radical (unpaired) electrons. The number of nitrogens with one attached hydrogen (secondary N) is 1. The quantitative estimate of drug-likeness (QED) is 0.817. The molecule has 5 nitrogen and oxygen atoms in total. The Balaban J connectivity index is 1.58. The monoisotopic (exact) mass is 298 g/mol. The van der Waals surface area contributed by atoms with E-state index in [4.69, 9.17) is 21.1 Å². The summed E-state index contributed by atoms with van der Waals surface area (Å²) >= 11 is 5.72. The van der Waals surface area contributed by atoms with Gasteiger partial charge >= 0.3 is 0 Å². The minimum absolute atomic E-state index is 0.187. The lowest BCUT2D eigenvalue weighted by molar-refractivity contribution is -0.0321. The Kier molecular flexibility index (Phi) is 6.24. The molecule has 2 heterocycles. The van der Waals surface area contributed by atoms with Crippen LogP contribution in [0.3, 0.4) is 0 Å². The Morgan fingerprint density at radius 1 is 1.45 bits per heavy atom. The molecule has 0 spiro atoms. The molecule has 1 aromatic rings. The van der Waals surface area contributed by atoms with Crippen molar-refractivity contribution in [1.82, 2.24) is 10.3 Å². The second-order valence-corrected chi connectivity index (χ2v) is 5.09. The molecule has 0 atom stereocenters. The second-order valence-electron chi connectivity index (χ2n) is 4.65. The summed E-state index contributed by atoms with van der Waals surface area (Å²) in [7, 11) is 0. The molecule has 1 N–H and O–H groups in total. The van der Waals surface area contributed by atoms with Crippen molar-refractivity contribution in [2.45, 2.75) is 25.4 Å². The van der Waals surface area contributed by atoms with Crippen molar-refractivity contribution >= 4 is 17.5 Å². The van der Waals surface area contributed by atoms with Crippen molar-refractivity contribution in [3.63, 3.8) is 0 Å². The van der Waals surface area contributed by atoms with Gasteiger partial charge in [-0.15, -0.1) is 0 Å². The molecule has 20 heavy (non-hydrogen) atoms. The molecule has 6 heteroatoms. The number of carbonyl (C=O) groups is 1. The first-order chi connectivity index (χ1) is 9.75. The van der Waals surface area contributed by atoms with Gasteiger partial charge in [-0.1, -0.05) is 11.6 Å². The minimum atomic E-state index is -0.187. The number of carbonyl (C=O) groups excluding carboxylic acids is 1. The Morgan fingerprint density at radius 2 is 2.25 bits per heavy atom. The highest BCUT2D eigenvalue weighted by molar-refractivity contribution is 6.30. The summed E-state index contributed by atoms with van der Waals surface area (Å²) in [6.45, 7) is 2.79. The molecule has 1 aliphatic rings. The molecule has 1 aromatic heterocycles. The highest BCUT2D eigenvalue weighted by Crippen LogP contribution is 2.10. The third-order valence-corrected chi connectivity index (χ3v) is 3.31. The van der Waals surface area contributed by atoms with Crippen LogP contribution in [0.25, 0.3) is 0 Å². The molecule has 110 valence electrons. The highest BCUT2D eigenvalue weighted by Gasteiger charge is 2.13. The summed E-state index contributed by atoms with van der Waals surface area (Å²) < 4.78 is 11.0. The van der Waals surface area contributed by atoms with E-state index in [0.29, 0.717) is 30.0 Å². The van der Waals surface area contributed by atoms with E-state index in [1.54, 1.807) is 12.1 Å². The molecule has 0 unspecified atom stereocenters. The third kappa shape index (κ3) is 5.07. The molecule has 2 rings (SSSR count). The molecular weight excluding hydrogens is 280 g/mol. The maximum atomic E-state index is 11.7. The van der Waals surface area contributed by atoms with Crippen molar-refractivity contribution in [3.05, 3.63) is 29.0 Å². The first kappa shape index (κ1) is 15.2. The van der Waals surface area contributed by atoms with E-state index in [1.165, 1.54) is 6.20 Å². The van der Waals surface area contributed by atoms with Crippen LogP contribution >= 0.6 is 11.6 Å². The van der Waals surface area contributed by atoms with Gasteiger partial charge in [-0.3, -0.25) is 4.79 Å².